The van der Waals surface area contributed by atoms with Crippen molar-refractivity contribution in [3.05, 3.63) is 29.1 Å². The Labute approximate surface area is 102 Å². The van der Waals surface area contributed by atoms with E-state index < -0.39 is 5.97 Å². The van der Waals surface area contributed by atoms with Crippen LogP contribution in [0.4, 0.5) is 0 Å². The number of carbonyl (C=O) groups excluding carboxylic acids is 1. The molecule has 1 heterocycles. The van der Waals surface area contributed by atoms with Crippen LogP contribution in [-0.2, 0) is 4.74 Å². The average Bonchev–Trinajstić information content (AvgIpc) is 2.78. The molecule has 2 aromatic rings. The number of carbonyl (C=O) groups is 1. The van der Waals surface area contributed by atoms with Gasteiger partial charge in [0.25, 0.3) is 0 Å². The first-order chi connectivity index (χ1) is 8.22. The number of esters is 1. The third kappa shape index (κ3) is 2.42. The average molecular weight is 250 g/mol. The first kappa shape index (κ1) is 11.5. The van der Waals surface area contributed by atoms with Gasteiger partial charge >= 0.3 is 5.97 Å². The molecule has 0 radical (unpaired) electrons. The van der Waals surface area contributed by atoms with Crippen molar-refractivity contribution in [2.75, 3.05) is 6.61 Å². The van der Waals surface area contributed by atoms with Gasteiger partial charge in [0.15, 0.2) is 4.88 Å². The van der Waals surface area contributed by atoms with Gasteiger partial charge in [0, 0.05) is 5.56 Å². The number of nitrogens with zero attached hydrogens (tertiary/aromatic N) is 2. The molecule has 0 aliphatic heterocycles. The lowest BCUT2D eigenvalue weighted by molar-refractivity contribution is 0.0532. The maximum Gasteiger partial charge on any atom is 0.352 e. The van der Waals surface area contributed by atoms with Gasteiger partial charge < -0.3 is 9.84 Å². The number of hydrogen-bond donors (Lipinski definition) is 1. The van der Waals surface area contributed by atoms with Crippen LogP contribution in [0.15, 0.2) is 24.3 Å². The van der Waals surface area contributed by atoms with Crippen LogP contribution in [0.2, 0.25) is 0 Å². The largest absolute Gasteiger partial charge is 0.508 e. The Morgan fingerprint density at radius 3 is 3.06 bits per heavy atom. The molecule has 5 nitrogen and oxygen atoms in total. The lowest BCUT2D eigenvalue weighted by atomic mass is 10.1. The van der Waals surface area contributed by atoms with E-state index in [9.17, 15) is 9.90 Å². The number of aromatic nitrogens is 2. The van der Waals surface area contributed by atoms with Crippen molar-refractivity contribution in [1.82, 2.24) is 9.59 Å². The minimum atomic E-state index is -0.444. The first-order valence-electron chi connectivity index (χ1n) is 5.01. The summed E-state index contributed by atoms with van der Waals surface area (Å²) in [5, 5.41) is 13.3. The Kier molecular flexibility index (Phi) is 3.34. The van der Waals surface area contributed by atoms with E-state index in [1.807, 2.05) is 0 Å². The van der Waals surface area contributed by atoms with Gasteiger partial charge in [-0.3, -0.25) is 0 Å². The van der Waals surface area contributed by atoms with Gasteiger partial charge in [-0.15, -0.1) is 5.10 Å². The SMILES string of the molecule is CCOC(=O)c1snnc1-c1cccc(O)c1. The molecule has 88 valence electrons. The molecular formula is C11H10N2O3S. The highest BCUT2D eigenvalue weighted by atomic mass is 32.1. The van der Waals surface area contributed by atoms with Crippen molar-refractivity contribution in [3.8, 4) is 17.0 Å². The van der Waals surface area contributed by atoms with Crippen LogP contribution in [0.25, 0.3) is 11.3 Å². The van der Waals surface area contributed by atoms with Crippen molar-refractivity contribution in [2.45, 2.75) is 6.92 Å². The lowest BCUT2D eigenvalue weighted by Gasteiger charge is -2.01. The third-order valence-corrected chi connectivity index (χ3v) is 2.77. The Balaban J connectivity index is 2.40. The number of benzene rings is 1. The number of rotatable bonds is 3. The normalized spacial score (nSPS) is 10.2. The zero-order valence-corrected chi connectivity index (χ0v) is 9.90. The monoisotopic (exact) mass is 250 g/mol. The lowest BCUT2D eigenvalue weighted by Crippen LogP contribution is -2.03. The smallest absolute Gasteiger partial charge is 0.352 e. The van der Waals surface area contributed by atoms with Gasteiger partial charge in [0.05, 0.1) is 6.61 Å². The highest BCUT2D eigenvalue weighted by Crippen LogP contribution is 2.26. The Morgan fingerprint density at radius 1 is 1.53 bits per heavy atom. The summed E-state index contributed by atoms with van der Waals surface area (Å²) >= 11 is 0.981. The Hall–Kier alpha value is -1.95. The summed E-state index contributed by atoms with van der Waals surface area (Å²) in [6, 6.07) is 6.50. The van der Waals surface area contributed by atoms with Gasteiger partial charge in [0.1, 0.15) is 11.4 Å². The second kappa shape index (κ2) is 4.92. The fraction of sp³-hybridized carbons (Fsp3) is 0.182. The summed E-state index contributed by atoms with van der Waals surface area (Å²) in [6.07, 6.45) is 0. The molecule has 0 saturated heterocycles. The molecular weight excluding hydrogens is 240 g/mol. The molecule has 2 rings (SSSR count). The number of hydrogen-bond acceptors (Lipinski definition) is 6. The quantitative estimate of drug-likeness (QED) is 0.844. The summed E-state index contributed by atoms with van der Waals surface area (Å²) in [7, 11) is 0. The highest BCUT2D eigenvalue weighted by molar-refractivity contribution is 7.08. The summed E-state index contributed by atoms with van der Waals surface area (Å²) in [4.78, 5) is 12.0. The van der Waals surface area contributed by atoms with Crippen molar-refractivity contribution >= 4 is 17.5 Å². The summed E-state index contributed by atoms with van der Waals surface area (Å²) < 4.78 is 8.65. The fourth-order valence-corrected chi connectivity index (χ4v) is 1.95. The molecule has 0 amide bonds. The summed E-state index contributed by atoms with van der Waals surface area (Å²) in [6.45, 7) is 2.04. The van der Waals surface area contributed by atoms with Crippen LogP contribution >= 0.6 is 11.5 Å². The predicted molar refractivity (Wildman–Crippen MR) is 63.0 cm³/mol. The van der Waals surface area contributed by atoms with Gasteiger partial charge in [0.2, 0.25) is 0 Å². The van der Waals surface area contributed by atoms with Crippen molar-refractivity contribution in [2.24, 2.45) is 0 Å². The van der Waals surface area contributed by atoms with Crippen molar-refractivity contribution in [3.63, 3.8) is 0 Å². The second-order valence-corrected chi connectivity index (χ2v) is 3.98. The maximum atomic E-state index is 11.6. The van der Waals surface area contributed by atoms with E-state index in [1.165, 1.54) is 6.07 Å². The van der Waals surface area contributed by atoms with E-state index in [2.05, 4.69) is 9.59 Å². The topological polar surface area (TPSA) is 72.3 Å². The van der Waals surface area contributed by atoms with E-state index in [0.29, 0.717) is 22.7 Å². The molecule has 6 heteroatoms. The van der Waals surface area contributed by atoms with Gasteiger partial charge in [-0.1, -0.05) is 16.6 Å². The standard InChI is InChI=1S/C11H10N2O3S/c1-2-16-11(15)10-9(12-13-17-10)7-4-3-5-8(14)6-7/h3-6,14H,2H2,1H3. The van der Waals surface area contributed by atoms with Gasteiger partial charge in [-0.05, 0) is 30.6 Å². The molecule has 0 unspecified atom stereocenters. The minimum absolute atomic E-state index is 0.116. The van der Waals surface area contributed by atoms with Crippen LogP contribution in [0.1, 0.15) is 16.6 Å². The molecule has 0 saturated carbocycles. The second-order valence-electron chi connectivity index (χ2n) is 3.22. The van der Waals surface area contributed by atoms with Crippen LogP contribution < -0.4 is 0 Å². The molecule has 0 spiro atoms. The minimum Gasteiger partial charge on any atom is -0.508 e. The fourth-order valence-electron chi connectivity index (χ4n) is 1.36. The molecule has 0 fully saturated rings. The molecule has 1 N–H and O–H groups in total. The van der Waals surface area contributed by atoms with Gasteiger partial charge in [-0.2, -0.15) is 0 Å². The zero-order chi connectivity index (χ0) is 12.3. The number of phenols is 1. The third-order valence-electron chi connectivity index (χ3n) is 2.07. The summed E-state index contributed by atoms with van der Waals surface area (Å²) in [5.74, 6) is -0.328. The highest BCUT2D eigenvalue weighted by Gasteiger charge is 2.18. The van der Waals surface area contributed by atoms with E-state index in [0.717, 1.165) is 11.5 Å². The van der Waals surface area contributed by atoms with Crippen molar-refractivity contribution in [1.29, 1.82) is 0 Å². The molecule has 1 aromatic heterocycles. The number of aromatic hydroxyl groups is 1. The van der Waals surface area contributed by atoms with Gasteiger partial charge in [-0.25, -0.2) is 4.79 Å². The predicted octanol–water partition coefficient (Wildman–Crippen LogP) is 2.09. The van der Waals surface area contributed by atoms with E-state index >= 15 is 0 Å². The van der Waals surface area contributed by atoms with E-state index in [1.54, 1.807) is 25.1 Å². The van der Waals surface area contributed by atoms with Crippen LogP contribution in [-0.4, -0.2) is 27.3 Å². The molecule has 0 aliphatic carbocycles. The molecule has 0 bridgehead atoms. The van der Waals surface area contributed by atoms with Crippen LogP contribution in [0.3, 0.4) is 0 Å². The molecule has 0 atom stereocenters. The van der Waals surface area contributed by atoms with E-state index in [-0.39, 0.29) is 5.75 Å². The molecule has 1 aromatic carbocycles. The summed E-state index contributed by atoms with van der Waals surface area (Å²) in [5.41, 5.74) is 1.08. The zero-order valence-electron chi connectivity index (χ0n) is 9.08. The van der Waals surface area contributed by atoms with Crippen LogP contribution in [0.5, 0.6) is 5.75 Å². The Morgan fingerprint density at radius 2 is 2.35 bits per heavy atom. The van der Waals surface area contributed by atoms with Crippen LogP contribution in [0, 0.1) is 0 Å². The number of phenolic OH excluding ortho intramolecular Hbond substituents is 1. The maximum absolute atomic E-state index is 11.6. The van der Waals surface area contributed by atoms with E-state index in [4.69, 9.17) is 4.74 Å². The molecule has 0 aliphatic rings. The number of ether oxygens (including phenoxy) is 1. The molecule has 17 heavy (non-hydrogen) atoms. The Bertz CT molecular complexity index is 539. The first-order valence-corrected chi connectivity index (χ1v) is 5.78. The van der Waals surface area contributed by atoms with Crippen molar-refractivity contribution < 1.29 is 14.6 Å².